The lowest BCUT2D eigenvalue weighted by Gasteiger charge is -2.35. The molecular weight excluding hydrogens is 328 g/mol. The molecule has 0 aromatic heterocycles. The van der Waals surface area contributed by atoms with E-state index in [4.69, 9.17) is 9.73 Å². The number of piperazine rings is 1. The second kappa shape index (κ2) is 12.5. The highest BCUT2D eigenvalue weighted by Crippen LogP contribution is 2.06. The summed E-state index contributed by atoms with van der Waals surface area (Å²) in [5, 5.41) is 6.84. The lowest BCUT2D eigenvalue weighted by Crippen LogP contribution is -2.47. The average molecular weight is 369 g/mol. The van der Waals surface area contributed by atoms with E-state index in [2.05, 4.69) is 46.1 Å². The molecule has 0 spiro atoms. The zero-order valence-electron chi connectivity index (χ0n) is 17.2. The van der Waals surface area contributed by atoms with Crippen LogP contribution in [0, 0.1) is 5.92 Å². The molecule has 0 radical (unpaired) electrons. The Morgan fingerprint density at radius 1 is 0.962 bits per heavy atom. The molecule has 2 aliphatic rings. The van der Waals surface area contributed by atoms with E-state index in [0.29, 0.717) is 5.92 Å². The summed E-state index contributed by atoms with van der Waals surface area (Å²) in [5.41, 5.74) is 0. The van der Waals surface area contributed by atoms with Gasteiger partial charge in [-0.2, -0.15) is 0 Å². The van der Waals surface area contributed by atoms with Crippen LogP contribution in [0.2, 0.25) is 0 Å². The second-order valence-electron chi connectivity index (χ2n) is 7.44. The number of hydrogen-bond donors (Lipinski definition) is 2. The van der Waals surface area contributed by atoms with Crippen LogP contribution in [0.3, 0.4) is 0 Å². The summed E-state index contributed by atoms with van der Waals surface area (Å²) < 4.78 is 5.40. The predicted molar refractivity (Wildman–Crippen MR) is 109 cm³/mol. The van der Waals surface area contributed by atoms with Crippen LogP contribution in [0.25, 0.3) is 0 Å². The van der Waals surface area contributed by atoms with Crippen LogP contribution in [-0.2, 0) is 4.74 Å². The topological polar surface area (TPSA) is 55.4 Å². The van der Waals surface area contributed by atoms with Gasteiger partial charge in [0.2, 0.25) is 0 Å². The van der Waals surface area contributed by atoms with Gasteiger partial charge < -0.3 is 25.2 Å². The molecule has 0 bridgehead atoms. The maximum Gasteiger partial charge on any atom is 0.191 e. The van der Waals surface area contributed by atoms with Crippen molar-refractivity contribution in [1.82, 2.24) is 25.3 Å². The van der Waals surface area contributed by atoms with Crippen molar-refractivity contribution >= 4 is 5.96 Å². The number of rotatable bonds is 9. The second-order valence-corrected chi connectivity index (χ2v) is 7.44. The summed E-state index contributed by atoms with van der Waals surface area (Å²) in [6.07, 6.45) is 0. The van der Waals surface area contributed by atoms with Gasteiger partial charge in [0, 0.05) is 72.0 Å². The van der Waals surface area contributed by atoms with Crippen molar-refractivity contribution in [3.8, 4) is 0 Å². The quantitative estimate of drug-likeness (QED) is 0.446. The lowest BCUT2D eigenvalue weighted by atomic mass is 10.1. The minimum absolute atomic E-state index is 0.581. The third kappa shape index (κ3) is 8.20. The van der Waals surface area contributed by atoms with Crippen molar-refractivity contribution in [2.24, 2.45) is 10.9 Å². The summed E-state index contributed by atoms with van der Waals surface area (Å²) in [7, 11) is 0. The summed E-state index contributed by atoms with van der Waals surface area (Å²) >= 11 is 0. The van der Waals surface area contributed by atoms with Gasteiger partial charge in [-0.3, -0.25) is 9.89 Å². The van der Waals surface area contributed by atoms with Crippen LogP contribution in [0.5, 0.6) is 0 Å². The highest BCUT2D eigenvalue weighted by Gasteiger charge is 2.17. The average Bonchev–Trinajstić information content (AvgIpc) is 2.67. The van der Waals surface area contributed by atoms with Crippen LogP contribution in [0.1, 0.15) is 20.8 Å². The Morgan fingerprint density at radius 3 is 2.31 bits per heavy atom. The van der Waals surface area contributed by atoms with Crippen molar-refractivity contribution in [2.45, 2.75) is 20.8 Å². The zero-order chi connectivity index (χ0) is 18.6. The Kier molecular flexibility index (Phi) is 10.3. The Labute approximate surface area is 160 Å². The Bertz CT molecular complexity index is 391. The van der Waals surface area contributed by atoms with Gasteiger partial charge in [-0.25, -0.2) is 0 Å². The molecule has 2 heterocycles. The van der Waals surface area contributed by atoms with Crippen molar-refractivity contribution in [3.63, 3.8) is 0 Å². The molecule has 0 aromatic carbocycles. The molecule has 7 nitrogen and oxygen atoms in total. The molecule has 2 N–H and O–H groups in total. The van der Waals surface area contributed by atoms with Gasteiger partial charge in [0.1, 0.15) is 0 Å². The van der Waals surface area contributed by atoms with Crippen LogP contribution in [-0.4, -0.2) is 112 Å². The number of nitrogens with one attached hydrogen (secondary N) is 2. The fourth-order valence-corrected chi connectivity index (χ4v) is 3.53. The number of nitrogens with zero attached hydrogens (tertiary/aromatic N) is 4. The van der Waals surface area contributed by atoms with E-state index in [0.717, 1.165) is 65.0 Å². The van der Waals surface area contributed by atoms with Crippen molar-refractivity contribution < 1.29 is 4.74 Å². The molecule has 2 aliphatic heterocycles. The number of guanidine groups is 1. The minimum Gasteiger partial charge on any atom is -0.379 e. The maximum atomic E-state index is 5.40. The first-order valence-corrected chi connectivity index (χ1v) is 10.5. The molecule has 7 heteroatoms. The van der Waals surface area contributed by atoms with Gasteiger partial charge in [0.05, 0.1) is 13.2 Å². The fraction of sp³-hybridized carbons (Fsp3) is 0.947. The molecule has 2 saturated heterocycles. The molecule has 0 aromatic rings. The van der Waals surface area contributed by atoms with Crippen molar-refractivity contribution in [1.29, 1.82) is 0 Å². The normalized spacial score (nSPS) is 22.3. The molecule has 1 unspecified atom stereocenters. The Morgan fingerprint density at radius 2 is 1.65 bits per heavy atom. The van der Waals surface area contributed by atoms with Crippen LogP contribution in [0.15, 0.2) is 4.99 Å². The molecule has 0 saturated carbocycles. The van der Waals surface area contributed by atoms with Crippen molar-refractivity contribution in [3.05, 3.63) is 0 Å². The van der Waals surface area contributed by atoms with E-state index in [1.165, 1.54) is 32.7 Å². The van der Waals surface area contributed by atoms with Crippen LogP contribution >= 0.6 is 0 Å². The summed E-state index contributed by atoms with van der Waals surface area (Å²) in [5.74, 6) is 1.53. The largest absolute Gasteiger partial charge is 0.379 e. The van der Waals surface area contributed by atoms with E-state index < -0.39 is 0 Å². The van der Waals surface area contributed by atoms with E-state index in [-0.39, 0.29) is 0 Å². The predicted octanol–water partition coefficient (Wildman–Crippen LogP) is 0.147. The maximum absolute atomic E-state index is 5.40. The number of ether oxygens (including phenoxy) is 1. The van der Waals surface area contributed by atoms with E-state index in [1.807, 2.05) is 0 Å². The van der Waals surface area contributed by atoms with E-state index in [9.17, 15) is 0 Å². The SMILES string of the molecule is CCNC(=NCC(C)CN1CCN(CC)CC1)NCCN1CCOCC1. The molecule has 0 amide bonds. The first kappa shape index (κ1) is 21.4. The third-order valence-corrected chi connectivity index (χ3v) is 5.21. The van der Waals surface area contributed by atoms with Crippen molar-refractivity contribution in [2.75, 3.05) is 91.8 Å². The van der Waals surface area contributed by atoms with E-state index >= 15 is 0 Å². The Balaban J connectivity index is 1.66. The third-order valence-electron chi connectivity index (χ3n) is 5.21. The monoisotopic (exact) mass is 368 g/mol. The molecule has 0 aliphatic carbocycles. The summed E-state index contributed by atoms with van der Waals surface area (Å²) in [4.78, 5) is 12.4. The molecule has 2 fully saturated rings. The van der Waals surface area contributed by atoms with E-state index in [1.54, 1.807) is 0 Å². The van der Waals surface area contributed by atoms with Gasteiger partial charge in [-0.05, 0) is 19.4 Å². The molecule has 1 atom stereocenters. The van der Waals surface area contributed by atoms with Gasteiger partial charge in [-0.1, -0.05) is 13.8 Å². The fourth-order valence-electron chi connectivity index (χ4n) is 3.53. The molecule has 152 valence electrons. The molecule has 26 heavy (non-hydrogen) atoms. The minimum atomic E-state index is 0.581. The Hall–Kier alpha value is -0.890. The first-order chi connectivity index (χ1) is 12.7. The molecule has 2 rings (SSSR count). The summed E-state index contributed by atoms with van der Waals surface area (Å²) in [6.45, 7) is 21.4. The standard InChI is InChI=1S/C19H40N6O/c1-4-20-19(21-6-7-24-12-14-26-15-13-24)22-16-18(3)17-25-10-8-23(5-2)9-11-25/h18H,4-17H2,1-3H3,(H2,20,21,22). The van der Waals surface area contributed by atoms with Gasteiger partial charge in [0.25, 0.3) is 0 Å². The van der Waals surface area contributed by atoms with Gasteiger partial charge in [-0.15, -0.1) is 0 Å². The van der Waals surface area contributed by atoms with Crippen LogP contribution in [0.4, 0.5) is 0 Å². The highest BCUT2D eigenvalue weighted by atomic mass is 16.5. The number of hydrogen-bond acceptors (Lipinski definition) is 5. The first-order valence-electron chi connectivity index (χ1n) is 10.5. The number of morpholine rings is 1. The lowest BCUT2D eigenvalue weighted by molar-refractivity contribution is 0.0389. The smallest absolute Gasteiger partial charge is 0.191 e. The van der Waals surface area contributed by atoms with Crippen LogP contribution < -0.4 is 10.6 Å². The summed E-state index contributed by atoms with van der Waals surface area (Å²) in [6, 6.07) is 0. The molecular formula is C19H40N6O. The highest BCUT2D eigenvalue weighted by molar-refractivity contribution is 5.79. The number of aliphatic imine (C=N–C) groups is 1. The number of likely N-dealkylation sites (N-methyl/N-ethyl adjacent to an activating group) is 1. The zero-order valence-corrected chi connectivity index (χ0v) is 17.2. The van der Waals surface area contributed by atoms with Gasteiger partial charge in [0.15, 0.2) is 5.96 Å². The van der Waals surface area contributed by atoms with Gasteiger partial charge >= 0.3 is 0 Å².